The Bertz CT molecular complexity index is 729. The van der Waals surface area contributed by atoms with Crippen molar-refractivity contribution < 1.29 is 14.1 Å². The van der Waals surface area contributed by atoms with Gasteiger partial charge in [0.05, 0.1) is 12.8 Å². The van der Waals surface area contributed by atoms with Gasteiger partial charge in [-0.15, -0.1) is 0 Å². The van der Waals surface area contributed by atoms with E-state index < -0.39 is 0 Å². The molecule has 2 aromatic rings. The van der Waals surface area contributed by atoms with Gasteiger partial charge in [-0.25, -0.2) is 0 Å². The predicted octanol–water partition coefficient (Wildman–Crippen LogP) is 3.20. The van der Waals surface area contributed by atoms with E-state index in [-0.39, 0.29) is 5.91 Å². The van der Waals surface area contributed by atoms with Crippen molar-refractivity contribution in [2.45, 2.75) is 38.6 Å². The number of rotatable bonds is 7. The predicted molar refractivity (Wildman–Crippen MR) is 99.4 cm³/mol. The van der Waals surface area contributed by atoms with Gasteiger partial charge in [-0.3, -0.25) is 9.69 Å². The molecule has 1 saturated heterocycles. The number of nitrogens with zero attached hydrogens (tertiary/aromatic N) is 2. The quantitative estimate of drug-likeness (QED) is 0.824. The molecule has 6 nitrogen and oxygen atoms in total. The van der Waals surface area contributed by atoms with E-state index in [1.54, 1.807) is 13.2 Å². The van der Waals surface area contributed by atoms with Gasteiger partial charge in [0.1, 0.15) is 5.75 Å². The fourth-order valence-electron chi connectivity index (χ4n) is 3.38. The SMILES string of the molecule is CCCNC(=O)c1cc([C@H]2CCCN(Cc3cccc(OC)c3)C2)no1. The van der Waals surface area contributed by atoms with Crippen LogP contribution in [0.15, 0.2) is 34.9 Å². The molecule has 0 bridgehead atoms. The zero-order valence-corrected chi connectivity index (χ0v) is 15.5. The van der Waals surface area contributed by atoms with E-state index in [0.29, 0.717) is 18.2 Å². The molecule has 0 unspecified atom stereocenters. The first-order chi connectivity index (χ1) is 12.7. The minimum absolute atomic E-state index is 0.186. The molecule has 0 aliphatic carbocycles. The molecule has 0 saturated carbocycles. The Kier molecular flexibility index (Phi) is 6.28. The Hall–Kier alpha value is -2.34. The summed E-state index contributed by atoms with van der Waals surface area (Å²) in [5.41, 5.74) is 2.12. The van der Waals surface area contributed by atoms with E-state index in [2.05, 4.69) is 27.5 Å². The Balaban J connectivity index is 1.61. The molecular formula is C20H27N3O3. The summed E-state index contributed by atoms with van der Waals surface area (Å²) in [5, 5.41) is 6.98. The first-order valence-corrected chi connectivity index (χ1v) is 9.29. The number of amides is 1. The number of carbonyl (C=O) groups is 1. The van der Waals surface area contributed by atoms with Gasteiger partial charge in [-0.2, -0.15) is 0 Å². The Morgan fingerprint density at radius 1 is 1.42 bits per heavy atom. The van der Waals surface area contributed by atoms with E-state index in [0.717, 1.165) is 50.3 Å². The lowest BCUT2D eigenvalue weighted by Crippen LogP contribution is -2.34. The monoisotopic (exact) mass is 357 g/mol. The summed E-state index contributed by atoms with van der Waals surface area (Å²) >= 11 is 0. The first kappa shape index (κ1) is 18.5. The molecule has 3 rings (SSSR count). The van der Waals surface area contributed by atoms with Crippen LogP contribution in [0.5, 0.6) is 5.75 Å². The maximum absolute atomic E-state index is 12.0. The van der Waals surface area contributed by atoms with Crippen molar-refractivity contribution in [2.24, 2.45) is 0 Å². The average molecular weight is 357 g/mol. The van der Waals surface area contributed by atoms with Crippen LogP contribution in [0.25, 0.3) is 0 Å². The van der Waals surface area contributed by atoms with E-state index in [1.165, 1.54) is 5.56 Å². The Labute approximate surface area is 154 Å². The highest BCUT2D eigenvalue weighted by molar-refractivity contribution is 5.91. The van der Waals surface area contributed by atoms with Crippen LogP contribution in [0.4, 0.5) is 0 Å². The molecule has 0 spiro atoms. The summed E-state index contributed by atoms with van der Waals surface area (Å²) in [5.74, 6) is 1.30. The molecule has 1 aliphatic heterocycles. The Morgan fingerprint density at radius 2 is 2.31 bits per heavy atom. The second-order valence-electron chi connectivity index (χ2n) is 6.80. The number of aromatic nitrogens is 1. The van der Waals surface area contributed by atoms with Crippen LogP contribution in [0.3, 0.4) is 0 Å². The molecular weight excluding hydrogens is 330 g/mol. The van der Waals surface area contributed by atoms with Crippen LogP contribution >= 0.6 is 0 Å². The maximum Gasteiger partial charge on any atom is 0.289 e. The summed E-state index contributed by atoms with van der Waals surface area (Å²) in [4.78, 5) is 14.4. The molecule has 1 aromatic heterocycles. The van der Waals surface area contributed by atoms with E-state index in [1.807, 2.05) is 19.1 Å². The van der Waals surface area contributed by atoms with Crippen molar-refractivity contribution in [1.82, 2.24) is 15.4 Å². The van der Waals surface area contributed by atoms with Crippen molar-refractivity contribution in [3.63, 3.8) is 0 Å². The van der Waals surface area contributed by atoms with Crippen molar-refractivity contribution in [2.75, 3.05) is 26.7 Å². The fourth-order valence-corrected chi connectivity index (χ4v) is 3.38. The number of nitrogens with one attached hydrogen (secondary N) is 1. The van der Waals surface area contributed by atoms with Crippen molar-refractivity contribution in [3.05, 3.63) is 47.3 Å². The normalized spacial score (nSPS) is 17.8. The number of carbonyl (C=O) groups excluding carboxylic acids is 1. The zero-order valence-electron chi connectivity index (χ0n) is 15.5. The molecule has 2 heterocycles. The van der Waals surface area contributed by atoms with Gasteiger partial charge in [0, 0.05) is 31.6 Å². The largest absolute Gasteiger partial charge is 0.497 e. The second kappa shape index (κ2) is 8.85. The van der Waals surface area contributed by atoms with Gasteiger partial charge in [0.25, 0.3) is 5.91 Å². The van der Waals surface area contributed by atoms with Crippen molar-refractivity contribution in [3.8, 4) is 5.75 Å². The minimum Gasteiger partial charge on any atom is -0.497 e. The third-order valence-corrected chi connectivity index (χ3v) is 4.75. The van der Waals surface area contributed by atoms with Gasteiger partial charge in [0.2, 0.25) is 5.76 Å². The number of ether oxygens (including phenoxy) is 1. The van der Waals surface area contributed by atoms with Crippen LogP contribution < -0.4 is 10.1 Å². The van der Waals surface area contributed by atoms with Gasteiger partial charge >= 0.3 is 0 Å². The zero-order chi connectivity index (χ0) is 18.4. The lowest BCUT2D eigenvalue weighted by Gasteiger charge is -2.31. The van der Waals surface area contributed by atoms with E-state index in [9.17, 15) is 4.79 Å². The van der Waals surface area contributed by atoms with Crippen LogP contribution in [-0.4, -0.2) is 42.7 Å². The number of hydrogen-bond acceptors (Lipinski definition) is 5. The molecule has 140 valence electrons. The van der Waals surface area contributed by atoms with E-state index >= 15 is 0 Å². The lowest BCUT2D eigenvalue weighted by molar-refractivity contribution is 0.0916. The summed E-state index contributed by atoms with van der Waals surface area (Å²) < 4.78 is 10.6. The maximum atomic E-state index is 12.0. The van der Waals surface area contributed by atoms with Gasteiger partial charge < -0.3 is 14.6 Å². The summed E-state index contributed by atoms with van der Waals surface area (Å²) in [6, 6.07) is 9.98. The van der Waals surface area contributed by atoms with Crippen LogP contribution in [0.1, 0.15) is 53.9 Å². The van der Waals surface area contributed by atoms with Crippen molar-refractivity contribution in [1.29, 1.82) is 0 Å². The van der Waals surface area contributed by atoms with Crippen molar-refractivity contribution >= 4 is 5.91 Å². The standard InChI is InChI=1S/C20H27N3O3/c1-3-9-21-20(24)19-12-18(22-26-19)16-7-5-10-23(14-16)13-15-6-4-8-17(11-15)25-2/h4,6,8,11-12,16H,3,5,7,9-10,13-14H2,1-2H3,(H,21,24)/t16-/m0/s1. The van der Waals surface area contributed by atoms with Gasteiger partial charge in [-0.1, -0.05) is 24.2 Å². The third kappa shape index (κ3) is 4.64. The topological polar surface area (TPSA) is 67.6 Å². The summed E-state index contributed by atoms with van der Waals surface area (Å²) in [7, 11) is 1.69. The molecule has 6 heteroatoms. The number of benzene rings is 1. The number of piperidine rings is 1. The summed E-state index contributed by atoms with van der Waals surface area (Å²) in [6.07, 6.45) is 3.07. The minimum atomic E-state index is -0.186. The van der Waals surface area contributed by atoms with Crippen LogP contribution in [-0.2, 0) is 6.54 Å². The molecule has 26 heavy (non-hydrogen) atoms. The molecule has 1 atom stereocenters. The van der Waals surface area contributed by atoms with E-state index in [4.69, 9.17) is 9.26 Å². The van der Waals surface area contributed by atoms with Gasteiger partial charge in [-0.05, 0) is 43.5 Å². The molecule has 1 N–H and O–H groups in total. The van der Waals surface area contributed by atoms with Crippen LogP contribution in [0.2, 0.25) is 0 Å². The molecule has 1 aliphatic rings. The third-order valence-electron chi connectivity index (χ3n) is 4.75. The summed E-state index contributed by atoms with van der Waals surface area (Å²) in [6.45, 7) is 5.53. The highest BCUT2D eigenvalue weighted by atomic mass is 16.5. The first-order valence-electron chi connectivity index (χ1n) is 9.29. The fraction of sp³-hybridized carbons (Fsp3) is 0.500. The van der Waals surface area contributed by atoms with Crippen LogP contribution in [0, 0.1) is 0 Å². The average Bonchev–Trinajstić information content (AvgIpc) is 3.17. The molecule has 1 fully saturated rings. The number of hydrogen-bond donors (Lipinski definition) is 1. The lowest BCUT2D eigenvalue weighted by atomic mass is 9.94. The number of likely N-dealkylation sites (tertiary alicyclic amines) is 1. The molecule has 1 aromatic carbocycles. The second-order valence-corrected chi connectivity index (χ2v) is 6.80. The highest BCUT2D eigenvalue weighted by Crippen LogP contribution is 2.28. The Morgan fingerprint density at radius 3 is 3.12 bits per heavy atom. The highest BCUT2D eigenvalue weighted by Gasteiger charge is 2.25. The number of methoxy groups -OCH3 is 1. The molecule has 0 radical (unpaired) electrons. The smallest absolute Gasteiger partial charge is 0.289 e. The molecule has 1 amide bonds. The van der Waals surface area contributed by atoms with Gasteiger partial charge in [0.15, 0.2) is 0 Å².